The predicted molar refractivity (Wildman–Crippen MR) is 109 cm³/mol. The second-order valence-electron chi connectivity index (χ2n) is 5.72. The fraction of sp³-hybridized carbons (Fsp3) is 0.250. The summed E-state index contributed by atoms with van der Waals surface area (Å²) in [5, 5.41) is 6.22. The van der Waals surface area contributed by atoms with Gasteiger partial charge in [0.1, 0.15) is 5.71 Å². The molecule has 1 amide bonds. The normalized spacial score (nSPS) is 13.4. The minimum atomic E-state index is -4.58. The van der Waals surface area contributed by atoms with E-state index in [1.165, 1.54) is 31.5 Å². The summed E-state index contributed by atoms with van der Waals surface area (Å²) in [5.41, 5.74) is -0.178. The van der Waals surface area contributed by atoms with Crippen molar-refractivity contribution in [2.75, 3.05) is 13.3 Å². The molecule has 0 aliphatic rings. The number of oxime groups is 1. The number of carbonyl (C=O) groups excluding carboxylic acids is 1. The van der Waals surface area contributed by atoms with E-state index >= 15 is 0 Å². The number of nitrogens with one attached hydrogen (secondary N) is 1. The Bertz CT molecular complexity index is 914. The minimum absolute atomic E-state index is 0.0779. The first-order valence-corrected chi connectivity index (χ1v) is 9.75. The van der Waals surface area contributed by atoms with E-state index in [0.717, 1.165) is 18.0 Å². The number of rotatable bonds is 7. The molecule has 0 aliphatic carbocycles. The number of nitrogens with zero attached hydrogens (tertiary/aromatic N) is 2. The predicted octanol–water partition coefficient (Wildman–Crippen LogP) is 4.63. The van der Waals surface area contributed by atoms with Gasteiger partial charge in [-0.2, -0.15) is 13.2 Å². The molecule has 0 aromatic heterocycles. The van der Waals surface area contributed by atoms with E-state index in [0.29, 0.717) is 11.1 Å². The molecule has 0 aliphatic heterocycles. The van der Waals surface area contributed by atoms with Crippen LogP contribution < -0.4 is 5.32 Å². The monoisotopic (exact) mass is 423 g/mol. The largest absolute Gasteiger partial charge is 0.416 e. The molecule has 1 atom stereocenters. The van der Waals surface area contributed by atoms with Crippen molar-refractivity contribution in [2.24, 2.45) is 9.55 Å². The zero-order valence-electron chi connectivity index (χ0n) is 16.0. The van der Waals surface area contributed by atoms with Crippen molar-refractivity contribution in [1.29, 1.82) is 0 Å². The highest BCUT2D eigenvalue weighted by Crippen LogP contribution is 2.39. The summed E-state index contributed by atoms with van der Waals surface area (Å²) in [6.45, 7) is 1.59. The first-order valence-electron chi connectivity index (χ1n) is 8.57. The summed E-state index contributed by atoms with van der Waals surface area (Å²) in [5.74, 6) is -0.464. The molecule has 0 saturated carbocycles. The standard InChI is InChI=1S/C20H20F3N3O2S/c1-4-25-28-18(15-11-7-8-12-16(15)20(21,22)23)14-10-6-5-9-13(14)17(26-29-3)19(27)24-2/h4-12,18H,1-3H3,(H,24,27). The number of likely N-dealkylation sites (N-methyl/N-ethyl adjacent to an activating group) is 1. The summed E-state index contributed by atoms with van der Waals surface area (Å²) in [4.78, 5) is 17.8. The van der Waals surface area contributed by atoms with E-state index < -0.39 is 23.8 Å². The van der Waals surface area contributed by atoms with Crippen LogP contribution in [0.2, 0.25) is 0 Å². The zero-order valence-corrected chi connectivity index (χ0v) is 16.8. The smallest absolute Gasteiger partial charge is 0.383 e. The third-order valence-electron chi connectivity index (χ3n) is 3.94. The first kappa shape index (κ1) is 22.5. The van der Waals surface area contributed by atoms with Crippen molar-refractivity contribution in [1.82, 2.24) is 5.32 Å². The molecular formula is C20H20F3N3O2S. The van der Waals surface area contributed by atoms with Gasteiger partial charge in [0.2, 0.25) is 0 Å². The maximum atomic E-state index is 13.6. The molecule has 0 fully saturated rings. The molecule has 2 aromatic carbocycles. The summed E-state index contributed by atoms with van der Waals surface area (Å²) in [6.07, 6.45) is -2.77. The van der Waals surface area contributed by atoms with E-state index in [-0.39, 0.29) is 11.3 Å². The molecule has 0 radical (unpaired) electrons. The topological polar surface area (TPSA) is 63.1 Å². The van der Waals surface area contributed by atoms with Crippen LogP contribution in [0.15, 0.2) is 58.1 Å². The zero-order chi connectivity index (χ0) is 21.4. The van der Waals surface area contributed by atoms with Gasteiger partial charge < -0.3 is 10.2 Å². The Morgan fingerprint density at radius 1 is 1.14 bits per heavy atom. The van der Waals surface area contributed by atoms with Gasteiger partial charge in [-0.1, -0.05) is 47.6 Å². The van der Waals surface area contributed by atoms with E-state index in [2.05, 4.69) is 14.9 Å². The molecule has 0 saturated heterocycles. The van der Waals surface area contributed by atoms with Gasteiger partial charge in [-0.3, -0.25) is 4.79 Å². The average molecular weight is 423 g/mol. The Morgan fingerprint density at radius 3 is 2.34 bits per heavy atom. The Morgan fingerprint density at radius 2 is 1.76 bits per heavy atom. The lowest BCUT2D eigenvalue weighted by atomic mass is 9.91. The number of hydrogen-bond acceptors (Lipinski definition) is 5. The minimum Gasteiger partial charge on any atom is -0.383 e. The highest BCUT2D eigenvalue weighted by atomic mass is 32.2. The van der Waals surface area contributed by atoms with Crippen molar-refractivity contribution in [3.8, 4) is 0 Å². The molecule has 0 bridgehead atoms. The van der Waals surface area contributed by atoms with Crippen molar-refractivity contribution in [3.05, 3.63) is 70.8 Å². The molecule has 0 heterocycles. The van der Waals surface area contributed by atoms with E-state index in [9.17, 15) is 18.0 Å². The molecule has 1 unspecified atom stereocenters. The Balaban J connectivity index is 2.74. The van der Waals surface area contributed by atoms with Gasteiger partial charge in [0.25, 0.3) is 5.91 Å². The van der Waals surface area contributed by atoms with Crippen molar-refractivity contribution in [2.45, 2.75) is 19.2 Å². The van der Waals surface area contributed by atoms with Gasteiger partial charge in [0.05, 0.1) is 5.56 Å². The number of benzene rings is 2. The molecule has 154 valence electrons. The number of carbonyl (C=O) groups is 1. The molecular weight excluding hydrogens is 403 g/mol. The third kappa shape index (κ3) is 5.38. The summed E-state index contributed by atoms with van der Waals surface area (Å²) in [6, 6.07) is 11.7. The lowest BCUT2D eigenvalue weighted by Gasteiger charge is -2.22. The summed E-state index contributed by atoms with van der Waals surface area (Å²) >= 11 is 1.07. The van der Waals surface area contributed by atoms with Crippen LogP contribution in [0.4, 0.5) is 13.2 Å². The Labute approximate surface area is 171 Å². The fourth-order valence-electron chi connectivity index (χ4n) is 2.75. The second-order valence-corrected chi connectivity index (χ2v) is 6.27. The van der Waals surface area contributed by atoms with Gasteiger partial charge in [0, 0.05) is 36.2 Å². The Hall–Kier alpha value is -2.81. The quantitative estimate of drug-likeness (QED) is 0.401. The van der Waals surface area contributed by atoms with Gasteiger partial charge in [-0.25, -0.2) is 4.40 Å². The van der Waals surface area contributed by atoms with Crippen molar-refractivity contribution < 1.29 is 22.8 Å². The Kier molecular flexibility index (Phi) is 7.83. The average Bonchev–Trinajstić information content (AvgIpc) is 2.72. The SMILES string of the molecule is CC=NOC(c1ccccc1C(=NSC)C(=O)NC)c1ccccc1C(F)(F)F. The van der Waals surface area contributed by atoms with Gasteiger partial charge in [-0.05, 0) is 24.9 Å². The van der Waals surface area contributed by atoms with Crippen LogP contribution in [0, 0.1) is 0 Å². The van der Waals surface area contributed by atoms with Gasteiger partial charge >= 0.3 is 6.18 Å². The highest BCUT2D eigenvalue weighted by molar-refractivity contribution is 7.97. The maximum absolute atomic E-state index is 13.6. The van der Waals surface area contributed by atoms with E-state index in [1.54, 1.807) is 37.4 Å². The van der Waals surface area contributed by atoms with Crippen LogP contribution in [0.5, 0.6) is 0 Å². The number of alkyl halides is 3. The maximum Gasteiger partial charge on any atom is 0.416 e. The number of amides is 1. The van der Waals surface area contributed by atoms with Gasteiger partial charge in [-0.15, -0.1) is 0 Å². The summed E-state index contributed by atoms with van der Waals surface area (Å²) in [7, 11) is 1.45. The van der Waals surface area contributed by atoms with Crippen LogP contribution in [0.1, 0.15) is 35.3 Å². The van der Waals surface area contributed by atoms with Crippen LogP contribution in [0.3, 0.4) is 0 Å². The second kappa shape index (κ2) is 10.1. The molecule has 2 aromatic rings. The van der Waals surface area contributed by atoms with Crippen molar-refractivity contribution in [3.63, 3.8) is 0 Å². The summed E-state index contributed by atoms with van der Waals surface area (Å²) < 4.78 is 45.0. The molecule has 9 heteroatoms. The molecule has 1 N–H and O–H groups in total. The van der Waals surface area contributed by atoms with Crippen LogP contribution >= 0.6 is 11.9 Å². The molecule has 5 nitrogen and oxygen atoms in total. The highest BCUT2D eigenvalue weighted by Gasteiger charge is 2.37. The van der Waals surface area contributed by atoms with E-state index in [1.807, 2.05) is 0 Å². The third-order valence-corrected chi connectivity index (χ3v) is 4.31. The first-order chi connectivity index (χ1) is 13.8. The number of halogens is 3. The van der Waals surface area contributed by atoms with Gasteiger partial charge in [0.15, 0.2) is 6.10 Å². The van der Waals surface area contributed by atoms with Crippen molar-refractivity contribution >= 4 is 29.8 Å². The lowest BCUT2D eigenvalue weighted by Crippen LogP contribution is -2.29. The van der Waals surface area contributed by atoms with Crippen LogP contribution in [0.25, 0.3) is 0 Å². The fourth-order valence-corrected chi connectivity index (χ4v) is 3.11. The van der Waals surface area contributed by atoms with Crippen LogP contribution in [-0.4, -0.2) is 31.1 Å². The molecule has 2 rings (SSSR count). The lowest BCUT2D eigenvalue weighted by molar-refractivity contribution is -0.139. The molecule has 29 heavy (non-hydrogen) atoms. The van der Waals surface area contributed by atoms with Crippen LogP contribution in [-0.2, 0) is 15.8 Å². The van der Waals surface area contributed by atoms with E-state index in [4.69, 9.17) is 4.84 Å². The number of hydrogen-bond donors (Lipinski definition) is 1. The molecule has 0 spiro atoms.